The van der Waals surface area contributed by atoms with Crippen molar-refractivity contribution >= 4 is 28.9 Å². The number of ether oxygens (including phenoxy) is 1. The molecule has 0 saturated heterocycles. The number of carbonyl (C=O) groups excluding carboxylic acids is 3. The van der Waals surface area contributed by atoms with Crippen LogP contribution >= 0.6 is 0 Å². The van der Waals surface area contributed by atoms with Crippen molar-refractivity contribution < 1.29 is 19.1 Å². The first-order valence-electron chi connectivity index (χ1n) is 9.25. The van der Waals surface area contributed by atoms with Crippen LogP contribution in [0.25, 0.3) is 11.0 Å². The molecule has 0 spiro atoms. The third-order valence-electron chi connectivity index (χ3n) is 4.41. The Morgan fingerprint density at radius 1 is 1.07 bits per heavy atom. The van der Waals surface area contributed by atoms with E-state index in [1.807, 2.05) is 0 Å². The molecule has 8 nitrogen and oxygen atoms in total. The Morgan fingerprint density at radius 2 is 1.89 bits per heavy atom. The molecule has 28 heavy (non-hydrogen) atoms. The van der Waals surface area contributed by atoms with Gasteiger partial charge < -0.3 is 10.1 Å². The smallest absolute Gasteiger partial charge is 0.338 e. The summed E-state index contributed by atoms with van der Waals surface area (Å²) in [5, 5.41) is 4.78. The fourth-order valence-electron chi connectivity index (χ4n) is 2.98. The summed E-state index contributed by atoms with van der Waals surface area (Å²) in [6.45, 7) is -0.0846. The third kappa shape index (κ3) is 5.60. The molecule has 1 aromatic heterocycles. The lowest BCUT2D eigenvalue weighted by Crippen LogP contribution is -2.41. The summed E-state index contributed by atoms with van der Waals surface area (Å²) in [5.41, 5.74) is 2.80. The number of benzene rings is 1. The number of hydrogen-bond donors (Lipinski definition) is 2. The molecule has 2 N–H and O–H groups in total. The highest BCUT2D eigenvalue weighted by atomic mass is 16.5. The Kier molecular flexibility index (Phi) is 6.67. The van der Waals surface area contributed by atoms with Gasteiger partial charge in [-0.15, -0.1) is 0 Å². The number of nitrogens with one attached hydrogen (secondary N) is 2. The van der Waals surface area contributed by atoms with Crippen LogP contribution in [0.2, 0.25) is 0 Å². The number of nitrogens with zero attached hydrogens (tertiary/aromatic N) is 2. The maximum absolute atomic E-state index is 12.1. The van der Waals surface area contributed by atoms with Gasteiger partial charge in [-0.3, -0.25) is 20.1 Å². The topological polar surface area (TPSA) is 110 Å². The second kappa shape index (κ2) is 9.59. The van der Waals surface area contributed by atoms with E-state index in [1.165, 1.54) is 30.7 Å². The van der Waals surface area contributed by atoms with Crippen molar-refractivity contribution in [2.24, 2.45) is 0 Å². The molecular formula is C20H22N4O4. The summed E-state index contributed by atoms with van der Waals surface area (Å²) in [6, 6.07) is 4.13. The van der Waals surface area contributed by atoms with Crippen LogP contribution in [-0.2, 0) is 9.53 Å². The number of urea groups is 1. The molecular weight excluding hydrogens is 360 g/mol. The average molecular weight is 382 g/mol. The molecule has 146 valence electrons. The van der Waals surface area contributed by atoms with E-state index in [4.69, 9.17) is 4.74 Å². The minimum atomic E-state index is -0.691. The second-order valence-electron chi connectivity index (χ2n) is 6.50. The Labute approximate surface area is 162 Å². The Bertz CT molecular complexity index is 910. The van der Waals surface area contributed by atoms with Gasteiger partial charge in [0.15, 0.2) is 6.61 Å². The summed E-state index contributed by atoms with van der Waals surface area (Å²) in [4.78, 5) is 43.8. The lowest BCUT2D eigenvalue weighted by Gasteiger charge is -2.13. The zero-order valence-corrected chi connectivity index (χ0v) is 15.4. The number of aromatic nitrogens is 2. The molecule has 0 aliphatic heterocycles. The van der Waals surface area contributed by atoms with Crippen molar-refractivity contribution in [3.8, 4) is 0 Å². The van der Waals surface area contributed by atoms with Gasteiger partial charge in [0.05, 0.1) is 16.6 Å². The Hall–Kier alpha value is -3.29. The second-order valence-corrected chi connectivity index (χ2v) is 6.50. The first kappa shape index (κ1) is 19.5. The van der Waals surface area contributed by atoms with Crippen molar-refractivity contribution in [2.45, 2.75) is 32.1 Å². The van der Waals surface area contributed by atoms with E-state index >= 15 is 0 Å². The Morgan fingerprint density at radius 3 is 2.68 bits per heavy atom. The lowest BCUT2D eigenvalue weighted by atomic mass is 9.97. The molecule has 0 radical (unpaired) electrons. The van der Waals surface area contributed by atoms with Crippen molar-refractivity contribution in [3.63, 3.8) is 0 Å². The monoisotopic (exact) mass is 382 g/mol. The van der Waals surface area contributed by atoms with E-state index in [0.29, 0.717) is 17.6 Å². The van der Waals surface area contributed by atoms with Crippen molar-refractivity contribution in [2.75, 3.05) is 13.2 Å². The van der Waals surface area contributed by atoms with Crippen LogP contribution in [0.15, 0.2) is 42.2 Å². The predicted octanol–water partition coefficient (Wildman–Crippen LogP) is 2.50. The van der Waals surface area contributed by atoms with Gasteiger partial charge in [-0.25, -0.2) is 9.59 Å². The van der Waals surface area contributed by atoms with Gasteiger partial charge in [-0.1, -0.05) is 11.6 Å². The normalized spacial score (nSPS) is 13.5. The first-order chi connectivity index (χ1) is 13.6. The Balaban J connectivity index is 1.39. The highest BCUT2D eigenvalue weighted by Crippen LogP contribution is 2.19. The van der Waals surface area contributed by atoms with Gasteiger partial charge in [0.2, 0.25) is 0 Å². The first-order valence-corrected chi connectivity index (χ1v) is 9.25. The molecule has 3 rings (SSSR count). The van der Waals surface area contributed by atoms with Crippen LogP contribution in [0.4, 0.5) is 4.79 Å². The number of carbonyl (C=O) groups is 3. The summed E-state index contributed by atoms with van der Waals surface area (Å²) < 4.78 is 4.95. The minimum absolute atomic E-state index is 0.256. The standard InChI is InChI=1S/C20H22N4O4/c25-18(24-20(27)23-9-8-14-4-2-1-3-5-14)13-28-19(26)15-6-7-16-17(12-15)22-11-10-21-16/h4,6-7,10-12H,1-3,5,8-9,13H2,(H2,23,24,25,27). The summed E-state index contributed by atoms with van der Waals surface area (Å²) >= 11 is 0. The SMILES string of the molecule is O=C(COC(=O)c1ccc2nccnc2c1)NC(=O)NCCC1=CCCCC1. The molecule has 8 heteroatoms. The van der Waals surface area contributed by atoms with Crippen molar-refractivity contribution in [1.82, 2.24) is 20.6 Å². The number of amides is 3. The minimum Gasteiger partial charge on any atom is -0.452 e. The van der Waals surface area contributed by atoms with Gasteiger partial charge in [-0.2, -0.15) is 0 Å². The van der Waals surface area contributed by atoms with Gasteiger partial charge in [0.1, 0.15) is 0 Å². The van der Waals surface area contributed by atoms with Gasteiger partial charge in [-0.05, 0) is 50.3 Å². The maximum atomic E-state index is 12.1. The molecule has 0 fully saturated rings. The maximum Gasteiger partial charge on any atom is 0.338 e. The summed E-state index contributed by atoms with van der Waals surface area (Å²) in [7, 11) is 0. The van der Waals surface area contributed by atoms with E-state index < -0.39 is 24.5 Å². The predicted molar refractivity (Wildman–Crippen MR) is 103 cm³/mol. The molecule has 0 bridgehead atoms. The quantitative estimate of drug-likeness (QED) is 0.587. The zero-order chi connectivity index (χ0) is 19.8. The van der Waals surface area contributed by atoms with Gasteiger partial charge >= 0.3 is 12.0 Å². The molecule has 1 heterocycles. The molecule has 1 aliphatic carbocycles. The van der Waals surface area contributed by atoms with E-state index in [2.05, 4.69) is 26.7 Å². The van der Waals surface area contributed by atoms with Crippen LogP contribution in [0.1, 0.15) is 42.5 Å². The van der Waals surface area contributed by atoms with Crippen LogP contribution in [0.3, 0.4) is 0 Å². The van der Waals surface area contributed by atoms with Crippen molar-refractivity contribution in [3.05, 3.63) is 47.8 Å². The molecule has 0 saturated carbocycles. The molecule has 2 aromatic rings. The lowest BCUT2D eigenvalue weighted by molar-refractivity contribution is -0.123. The number of allylic oxidation sites excluding steroid dienone is 1. The van der Waals surface area contributed by atoms with Crippen molar-refractivity contribution in [1.29, 1.82) is 0 Å². The van der Waals surface area contributed by atoms with E-state index in [1.54, 1.807) is 18.3 Å². The fourth-order valence-corrected chi connectivity index (χ4v) is 2.98. The molecule has 3 amide bonds. The summed E-state index contributed by atoms with van der Waals surface area (Å²) in [5.74, 6) is -1.37. The number of esters is 1. The molecule has 0 unspecified atom stereocenters. The number of rotatable bonds is 6. The number of hydrogen-bond acceptors (Lipinski definition) is 6. The highest BCUT2D eigenvalue weighted by molar-refractivity contribution is 5.97. The van der Waals surface area contributed by atoms with Crippen LogP contribution < -0.4 is 10.6 Å². The highest BCUT2D eigenvalue weighted by Gasteiger charge is 2.13. The van der Waals surface area contributed by atoms with E-state index in [-0.39, 0.29) is 5.56 Å². The molecule has 1 aliphatic rings. The van der Waals surface area contributed by atoms with Gasteiger partial charge in [0.25, 0.3) is 5.91 Å². The van der Waals surface area contributed by atoms with Crippen LogP contribution in [-0.4, -0.2) is 41.0 Å². The van der Waals surface area contributed by atoms with E-state index in [0.717, 1.165) is 19.3 Å². The summed E-state index contributed by atoms with van der Waals surface area (Å²) in [6.07, 6.45) is 10.6. The number of imide groups is 1. The van der Waals surface area contributed by atoms with Crippen LogP contribution in [0, 0.1) is 0 Å². The average Bonchev–Trinajstić information content (AvgIpc) is 2.72. The largest absolute Gasteiger partial charge is 0.452 e. The van der Waals surface area contributed by atoms with Crippen LogP contribution in [0.5, 0.6) is 0 Å². The zero-order valence-electron chi connectivity index (χ0n) is 15.4. The van der Waals surface area contributed by atoms with E-state index in [9.17, 15) is 14.4 Å². The molecule has 0 atom stereocenters. The van der Waals surface area contributed by atoms with Gasteiger partial charge in [0, 0.05) is 18.9 Å². The third-order valence-corrected chi connectivity index (χ3v) is 4.41. The fraction of sp³-hybridized carbons (Fsp3) is 0.350. The number of fused-ring (bicyclic) bond motifs is 1. The molecule has 1 aromatic carbocycles.